The van der Waals surface area contributed by atoms with Gasteiger partial charge in [-0.05, 0) is 37.1 Å². The summed E-state index contributed by atoms with van der Waals surface area (Å²) >= 11 is 0. The van der Waals surface area contributed by atoms with Crippen molar-refractivity contribution in [3.05, 3.63) is 29.8 Å². The van der Waals surface area contributed by atoms with Gasteiger partial charge in [-0.2, -0.15) is 0 Å². The predicted octanol–water partition coefficient (Wildman–Crippen LogP) is 0.190. The lowest BCUT2D eigenvalue weighted by molar-refractivity contribution is 0.0562. The van der Waals surface area contributed by atoms with Crippen LogP contribution in [0.25, 0.3) is 0 Å². The van der Waals surface area contributed by atoms with E-state index < -0.39 is 10.0 Å². The summed E-state index contributed by atoms with van der Waals surface area (Å²) in [7, 11) is -0.562. The SMILES string of the molecule is CN(C)S(=O)(=O)c1ccc(C(=O)NC2CC(O)C2)cc1. The van der Waals surface area contributed by atoms with Crippen molar-refractivity contribution in [3.8, 4) is 0 Å². The minimum atomic E-state index is -3.47. The van der Waals surface area contributed by atoms with Crippen LogP contribution < -0.4 is 5.32 Å². The molecule has 0 spiro atoms. The summed E-state index contributed by atoms with van der Waals surface area (Å²) in [5.74, 6) is -0.254. The maximum Gasteiger partial charge on any atom is 0.251 e. The van der Waals surface area contributed by atoms with Gasteiger partial charge in [-0.25, -0.2) is 12.7 Å². The van der Waals surface area contributed by atoms with Crippen LogP contribution in [0.4, 0.5) is 0 Å². The lowest BCUT2D eigenvalue weighted by Crippen LogP contribution is -2.46. The standard InChI is InChI=1S/C13H18N2O4S/c1-15(2)20(18,19)12-5-3-9(4-6-12)13(17)14-10-7-11(16)8-10/h3-6,10-11,16H,7-8H2,1-2H3,(H,14,17). The molecular formula is C13H18N2O4S. The average Bonchev–Trinajstić information content (AvgIpc) is 2.36. The minimum absolute atomic E-state index is 0.00249. The highest BCUT2D eigenvalue weighted by molar-refractivity contribution is 7.89. The van der Waals surface area contributed by atoms with Crippen LogP contribution in [0.1, 0.15) is 23.2 Å². The van der Waals surface area contributed by atoms with Crippen LogP contribution in [0.2, 0.25) is 0 Å². The molecule has 6 nitrogen and oxygen atoms in total. The molecule has 7 heteroatoms. The molecule has 0 saturated heterocycles. The Kier molecular flexibility index (Phi) is 4.12. The van der Waals surface area contributed by atoms with Crippen LogP contribution in [0.3, 0.4) is 0 Å². The molecule has 1 fully saturated rings. The van der Waals surface area contributed by atoms with Crippen LogP contribution in [0.15, 0.2) is 29.2 Å². The zero-order valence-electron chi connectivity index (χ0n) is 11.4. The third-order valence-corrected chi connectivity index (χ3v) is 5.17. The molecule has 0 unspecified atom stereocenters. The summed E-state index contributed by atoms with van der Waals surface area (Å²) < 4.78 is 24.9. The topological polar surface area (TPSA) is 86.7 Å². The summed E-state index contributed by atoms with van der Waals surface area (Å²) in [5, 5.41) is 11.9. The van der Waals surface area contributed by atoms with Crippen LogP contribution in [-0.2, 0) is 10.0 Å². The van der Waals surface area contributed by atoms with Gasteiger partial charge in [-0.1, -0.05) is 0 Å². The summed E-state index contributed by atoms with van der Waals surface area (Å²) in [5.41, 5.74) is 0.407. The lowest BCUT2D eigenvalue weighted by Gasteiger charge is -2.31. The van der Waals surface area contributed by atoms with E-state index in [-0.39, 0.29) is 22.9 Å². The fourth-order valence-corrected chi connectivity index (χ4v) is 2.87. The van der Waals surface area contributed by atoms with E-state index >= 15 is 0 Å². The monoisotopic (exact) mass is 298 g/mol. The van der Waals surface area contributed by atoms with E-state index in [1.54, 1.807) is 0 Å². The second-order valence-electron chi connectivity index (χ2n) is 5.11. The van der Waals surface area contributed by atoms with Gasteiger partial charge >= 0.3 is 0 Å². The molecule has 110 valence electrons. The Balaban J connectivity index is 2.06. The number of carbonyl (C=O) groups is 1. The van der Waals surface area contributed by atoms with Gasteiger partial charge in [0.2, 0.25) is 10.0 Å². The summed E-state index contributed by atoms with van der Waals surface area (Å²) in [6, 6.07) is 5.81. The van der Waals surface area contributed by atoms with Crippen molar-refractivity contribution in [2.75, 3.05) is 14.1 Å². The lowest BCUT2D eigenvalue weighted by atomic mass is 9.89. The van der Waals surface area contributed by atoms with Crippen molar-refractivity contribution >= 4 is 15.9 Å². The van der Waals surface area contributed by atoms with E-state index in [9.17, 15) is 13.2 Å². The van der Waals surface area contributed by atoms with Crippen molar-refractivity contribution in [2.45, 2.75) is 29.9 Å². The van der Waals surface area contributed by atoms with Crippen LogP contribution in [-0.4, -0.2) is 50.0 Å². The zero-order valence-corrected chi connectivity index (χ0v) is 12.2. The number of aliphatic hydroxyl groups excluding tert-OH is 1. The number of carbonyl (C=O) groups excluding carboxylic acids is 1. The van der Waals surface area contributed by atoms with Gasteiger partial charge in [-0.15, -0.1) is 0 Å². The summed E-state index contributed by atoms with van der Waals surface area (Å²) in [4.78, 5) is 12.0. The van der Waals surface area contributed by atoms with E-state index in [1.165, 1.54) is 38.4 Å². The first-order valence-corrected chi connectivity index (χ1v) is 7.76. The number of hydrogen-bond acceptors (Lipinski definition) is 4. The quantitative estimate of drug-likeness (QED) is 0.831. The number of nitrogens with one attached hydrogen (secondary N) is 1. The van der Waals surface area contributed by atoms with Crippen molar-refractivity contribution < 1.29 is 18.3 Å². The van der Waals surface area contributed by atoms with Gasteiger partial charge in [0.05, 0.1) is 11.0 Å². The largest absolute Gasteiger partial charge is 0.393 e. The second-order valence-corrected chi connectivity index (χ2v) is 7.26. The molecule has 1 aliphatic carbocycles. The number of aliphatic hydroxyl groups is 1. The van der Waals surface area contributed by atoms with Gasteiger partial charge in [0, 0.05) is 25.7 Å². The number of sulfonamides is 1. The zero-order chi connectivity index (χ0) is 14.9. The Bertz CT molecular complexity index is 589. The van der Waals surface area contributed by atoms with Gasteiger partial charge in [0.1, 0.15) is 0 Å². The predicted molar refractivity (Wildman–Crippen MR) is 73.8 cm³/mol. The molecule has 0 atom stereocenters. The molecule has 2 rings (SSSR count). The molecule has 0 radical (unpaired) electrons. The van der Waals surface area contributed by atoms with Crippen LogP contribution in [0.5, 0.6) is 0 Å². The van der Waals surface area contributed by atoms with Crippen LogP contribution >= 0.6 is 0 Å². The minimum Gasteiger partial charge on any atom is -0.393 e. The number of amides is 1. The van der Waals surface area contributed by atoms with E-state index in [0.717, 1.165) is 4.31 Å². The highest BCUT2D eigenvalue weighted by Gasteiger charge is 2.28. The molecule has 1 aliphatic rings. The first kappa shape index (κ1) is 15.0. The number of nitrogens with zero attached hydrogens (tertiary/aromatic N) is 1. The average molecular weight is 298 g/mol. The molecule has 1 amide bonds. The first-order valence-electron chi connectivity index (χ1n) is 6.32. The van der Waals surface area contributed by atoms with Crippen molar-refractivity contribution in [3.63, 3.8) is 0 Å². The Morgan fingerprint density at radius 1 is 1.25 bits per heavy atom. The Morgan fingerprint density at radius 3 is 2.25 bits per heavy atom. The normalized spacial score (nSPS) is 22.4. The third-order valence-electron chi connectivity index (χ3n) is 3.34. The number of hydrogen-bond donors (Lipinski definition) is 2. The molecule has 2 N–H and O–H groups in total. The fourth-order valence-electron chi connectivity index (χ4n) is 1.96. The maximum atomic E-state index is 11.9. The molecule has 0 bridgehead atoms. The Morgan fingerprint density at radius 2 is 1.80 bits per heavy atom. The molecule has 0 aromatic heterocycles. The van der Waals surface area contributed by atoms with Gasteiger partial charge < -0.3 is 10.4 Å². The Labute approximate surface area is 118 Å². The van der Waals surface area contributed by atoms with Gasteiger partial charge in [0.15, 0.2) is 0 Å². The van der Waals surface area contributed by atoms with Crippen molar-refractivity contribution in [2.24, 2.45) is 0 Å². The van der Waals surface area contributed by atoms with E-state index in [1.807, 2.05) is 0 Å². The maximum absolute atomic E-state index is 11.9. The summed E-state index contributed by atoms with van der Waals surface area (Å²) in [6.07, 6.45) is 0.811. The molecule has 0 heterocycles. The van der Waals surface area contributed by atoms with Crippen molar-refractivity contribution in [1.29, 1.82) is 0 Å². The molecule has 20 heavy (non-hydrogen) atoms. The molecule has 1 aromatic rings. The molecule has 1 saturated carbocycles. The van der Waals surface area contributed by atoms with E-state index in [0.29, 0.717) is 18.4 Å². The molecular weight excluding hydrogens is 280 g/mol. The van der Waals surface area contributed by atoms with Gasteiger partial charge in [0.25, 0.3) is 5.91 Å². The summed E-state index contributed by atoms with van der Waals surface area (Å²) in [6.45, 7) is 0. The Hall–Kier alpha value is -1.44. The van der Waals surface area contributed by atoms with Gasteiger partial charge in [-0.3, -0.25) is 4.79 Å². The van der Waals surface area contributed by atoms with E-state index in [4.69, 9.17) is 5.11 Å². The third kappa shape index (κ3) is 3.00. The fraction of sp³-hybridized carbons (Fsp3) is 0.462. The second kappa shape index (κ2) is 5.51. The highest BCUT2D eigenvalue weighted by Crippen LogP contribution is 2.20. The number of rotatable bonds is 4. The van der Waals surface area contributed by atoms with E-state index in [2.05, 4.69) is 5.32 Å². The highest BCUT2D eigenvalue weighted by atomic mass is 32.2. The van der Waals surface area contributed by atoms with Crippen molar-refractivity contribution in [1.82, 2.24) is 9.62 Å². The number of benzene rings is 1. The first-order chi connectivity index (χ1) is 9.30. The smallest absolute Gasteiger partial charge is 0.251 e. The molecule has 0 aliphatic heterocycles. The van der Waals surface area contributed by atoms with Crippen LogP contribution in [0, 0.1) is 0 Å². The molecule has 1 aromatic carbocycles.